The molecule has 0 aliphatic heterocycles. The highest BCUT2D eigenvalue weighted by Crippen LogP contribution is 2.36. The number of hydrogen-bond donors (Lipinski definition) is 1. The summed E-state index contributed by atoms with van der Waals surface area (Å²) < 4.78 is 48.0. The molecule has 2 heterocycles. The average molecular weight is 435 g/mol. The van der Waals surface area contributed by atoms with Gasteiger partial charge >= 0.3 is 6.18 Å². The van der Waals surface area contributed by atoms with Gasteiger partial charge in [-0.05, 0) is 37.7 Å². The molecule has 0 bridgehead atoms. The average Bonchev–Trinajstić information content (AvgIpc) is 3.31. The summed E-state index contributed by atoms with van der Waals surface area (Å²) in [4.78, 5) is 12.6. The lowest BCUT2D eigenvalue weighted by Crippen LogP contribution is -2.18. The van der Waals surface area contributed by atoms with Crippen molar-refractivity contribution in [3.05, 3.63) is 35.8 Å². The lowest BCUT2D eigenvalue weighted by atomic mass is 9.87. The van der Waals surface area contributed by atoms with Gasteiger partial charge in [0.2, 0.25) is 0 Å². The monoisotopic (exact) mass is 435 g/mol. The molecule has 3 aromatic rings. The molecule has 0 spiro atoms. The maximum absolute atomic E-state index is 13.2. The van der Waals surface area contributed by atoms with Crippen LogP contribution in [0.15, 0.2) is 24.5 Å². The SMILES string of the molecule is COc1cc2nn(C3CCC(C)CC3)cc2cc1NC(=O)c1nn(C)cc1C(F)(F)F. The van der Waals surface area contributed by atoms with E-state index in [-0.39, 0.29) is 5.69 Å². The molecule has 31 heavy (non-hydrogen) atoms. The Hall–Kier alpha value is -3.04. The maximum Gasteiger partial charge on any atom is 0.420 e. The molecule has 4 rings (SSSR count). The van der Waals surface area contributed by atoms with Crippen LogP contribution in [0.25, 0.3) is 10.9 Å². The predicted molar refractivity (Wildman–Crippen MR) is 109 cm³/mol. The molecular weight excluding hydrogens is 411 g/mol. The number of nitrogens with zero attached hydrogens (tertiary/aromatic N) is 4. The number of carbonyl (C=O) groups is 1. The molecule has 1 aliphatic rings. The summed E-state index contributed by atoms with van der Waals surface area (Å²) in [5, 5.41) is 11.6. The normalized spacial score (nSPS) is 19.5. The number of halogens is 3. The van der Waals surface area contributed by atoms with E-state index >= 15 is 0 Å². The number of ether oxygens (including phenoxy) is 1. The lowest BCUT2D eigenvalue weighted by Gasteiger charge is -2.26. The number of amides is 1. The Morgan fingerprint density at radius 1 is 1.16 bits per heavy atom. The van der Waals surface area contributed by atoms with Gasteiger partial charge in [0.15, 0.2) is 5.69 Å². The van der Waals surface area contributed by atoms with Gasteiger partial charge in [-0.3, -0.25) is 14.2 Å². The van der Waals surface area contributed by atoms with Crippen molar-refractivity contribution in [2.45, 2.75) is 44.8 Å². The summed E-state index contributed by atoms with van der Waals surface area (Å²) in [5.74, 6) is 0.0726. The molecular formula is C21H24F3N5O2. The molecule has 1 saturated carbocycles. The van der Waals surface area contributed by atoms with E-state index in [1.54, 1.807) is 12.1 Å². The van der Waals surface area contributed by atoms with E-state index < -0.39 is 23.3 Å². The molecule has 0 saturated heterocycles. The molecule has 1 aromatic carbocycles. The quantitative estimate of drug-likeness (QED) is 0.639. The van der Waals surface area contributed by atoms with Crippen molar-refractivity contribution in [3.8, 4) is 5.75 Å². The minimum atomic E-state index is -4.69. The highest BCUT2D eigenvalue weighted by atomic mass is 19.4. The van der Waals surface area contributed by atoms with Crippen molar-refractivity contribution in [2.75, 3.05) is 12.4 Å². The molecule has 0 unspecified atom stereocenters. The molecule has 166 valence electrons. The Kier molecular flexibility index (Phi) is 5.40. The first-order valence-corrected chi connectivity index (χ1v) is 10.1. The summed E-state index contributed by atoms with van der Waals surface area (Å²) in [6, 6.07) is 3.66. The fraction of sp³-hybridized carbons (Fsp3) is 0.476. The number of aryl methyl sites for hydroxylation is 1. The topological polar surface area (TPSA) is 74.0 Å². The van der Waals surface area contributed by atoms with Gasteiger partial charge in [0, 0.05) is 30.9 Å². The molecule has 1 fully saturated rings. The van der Waals surface area contributed by atoms with Crippen molar-refractivity contribution < 1.29 is 22.7 Å². The summed E-state index contributed by atoms with van der Waals surface area (Å²) in [7, 11) is 2.76. The van der Waals surface area contributed by atoms with Crippen LogP contribution in [-0.2, 0) is 13.2 Å². The molecule has 2 aromatic heterocycles. The number of carbonyl (C=O) groups excluding carboxylic acids is 1. The van der Waals surface area contributed by atoms with Crippen LogP contribution in [0.5, 0.6) is 5.75 Å². The second-order valence-corrected chi connectivity index (χ2v) is 8.15. The maximum atomic E-state index is 13.2. The van der Waals surface area contributed by atoms with Crippen molar-refractivity contribution >= 4 is 22.5 Å². The van der Waals surface area contributed by atoms with E-state index in [0.717, 1.165) is 47.9 Å². The highest BCUT2D eigenvalue weighted by Gasteiger charge is 2.38. The Morgan fingerprint density at radius 3 is 2.52 bits per heavy atom. The van der Waals surface area contributed by atoms with Crippen molar-refractivity contribution in [2.24, 2.45) is 13.0 Å². The van der Waals surface area contributed by atoms with E-state index in [0.29, 0.717) is 17.3 Å². The first-order valence-electron chi connectivity index (χ1n) is 10.1. The van der Waals surface area contributed by atoms with Gasteiger partial charge in [0.25, 0.3) is 5.91 Å². The zero-order valence-electron chi connectivity index (χ0n) is 17.5. The first kappa shape index (κ1) is 21.2. The number of anilines is 1. The van der Waals surface area contributed by atoms with Crippen LogP contribution in [-0.4, -0.2) is 32.6 Å². The number of hydrogen-bond acceptors (Lipinski definition) is 4. The second-order valence-electron chi connectivity index (χ2n) is 8.15. The van der Waals surface area contributed by atoms with Gasteiger partial charge < -0.3 is 10.1 Å². The van der Waals surface area contributed by atoms with Gasteiger partial charge in [-0.2, -0.15) is 23.4 Å². The van der Waals surface area contributed by atoms with Crippen LogP contribution < -0.4 is 10.1 Å². The van der Waals surface area contributed by atoms with Gasteiger partial charge in [-0.1, -0.05) is 6.92 Å². The van der Waals surface area contributed by atoms with Crippen LogP contribution in [0.3, 0.4) is 0 Å². The minimum absolute atomic E-state index is 0.260. The van der Waals surface area contributed by atoms with Crippen LogP contribution in [0.1, 0.15) is 54.7 Å². The Morgan fingerprint density at radius 2 is 1.87 bits per heavy atom. The van der Waals surface area contributed by atoms with Crippen LogP contribution in [0.4, 0.5) is 18.9 Å². The largest absolute Gasteiger partial charge is 0.494 e. The van der Waals surface area contributed by atoms with E-state index in [2.05, 4.69) is 22.4 Å². The number of aromatic nitrogens is 4. The zero-order chi connectivity index (χ0) is 22.3. The van der Waals surface area contributed by atoms with Crippen LogP contribution in [0.2, 0.25) is 0 Å². The van der Waals surface area contributed by atoms with Crippen molar-refractivity contribution in [1.82, 2.24) is 19.6 Å². The molecule has 7 nitrogen and oxygen atoms in total. The second kappa shape index (κ2) is 7.90. The fourth-order valence-electron chi connectivity index (χ4n) is 4.08. The molecule has 1 amide bonds. The molecule has 1 aliphatic carbocycles. The van der Waals surface area contributed by atoms with Crippen LogP contribution in [0, 0.1) is 5.92 Å². The fourth-order valence-corrected chi connectivity index (χ4v) is 4.08. The minimum Gasteiger partial charge on any atom is -0.494 e. The van der Waals surface area contributed by atoms with Gasteiger partial charge in [-0.25, -0.2) is 0 Å². The first-order chi connectivity index (χ1) is 14.7. The summed E-state index contributed by atoms with van der Waals surface area (Å²) in [6.07, 6.45) is 2.41. The Labute approximate surface area is 177 Å². The van der Waals surface area contributed by atoms with E-state index in [1.165, 1.54) is 14.2 Å². The Bertz CT molecular complexity index is 1110. The van der Waals surface area contributed by atoms with E-state index in [9.17, 15) is 18.0 Å². The number of nitrogens with one attached hydrogen (secondary N) is 1. The predicted octanol–water partition coefficient (Wildman–Crippen LogP) is 4.80. The van der Waals surface area contributed by atoms with Gasteiger partial charge in [0.1, 0.15) is 11.3 Å². The third kappa shape index (κ3) is 4.24. The van der Waals surface area contributed by atoms with Gasteiger partial charge in [0.05, 0.1) is 24.4 Å². The molecule has 10 heteroatoms. The molecule has 0 radical (unpaired) electrons. The lowest BCUT2D eigenvalue weighted by molar-refractivity contribution is -0.137. The summed E-state index contributed by atoms with van der Waals surface area (Å²) in [6.45, 7) is 2.25. The zero-order valence-corrected chi connectivity index (χ0v) is 17.5. The summed E-state index contributed by atoms with van der Waals surface area (Å²) in [5.41, 5.74) is -0.825. The number of rotatable bonds is 4. The number of benzene rings is 1. The Balaban J connectivity index is 1.64. The molecule has 1 N–H and O–H groups in total. The summed E-state index contributed by atoms with van der Waals surface area (Å²) >= 11 is 0. The van der Waals surface area contributed by atoms with E-state index in [4.69, 9.17) is 4.74 Å². The van der Waals surface area contributed by atoms with Crippen molar-refractivity contribution in [1.29, 1.82) is 0 Å². The smallest absolute Gasteiger partial charge is 0.420 e. The van der Waals surface area contributed by atoms with Crippen molar-refractivity contribution in [3.63, 3.8) is 0 Å². The van der Waals surface area contributed by atoms with E-state index in [1.807, 2.05) is 10.9 Å². The van der Waals surface area contributed by atoms with Gasteiger partial charge in [-0.15, -0.1) is 0 Å². The van der Waals surface area contributed by atoms with Crippen LogP contribution >= 0.6 is 0 Å². The third-order valence-electron chi connectivity index (χ3n) is 5.80. The number of methoxy groups -OCH3 is 1. The number of fused-ring (bicyclic) bond motifs is 1. The number of alkyl halides is 3. The standard InChI is InChI=1S/C21H24F3N5O2/c1-12-4-6-14(7-5-12)29-10-13-8-17(18(31-3)9-16(13)26-29)25-20(30)19-15(21(22,23)24)11-28(2)27-19/h8-12,14H,4-7H2,1-3H3,(H,25,30). The highest BCUT2D eigenvalue weighted by molar-refractivity contribution is 6.06. The third-order valence-corrected chi connectivity index (χ3v) is 5.80. The molecule has 0 atom stereocenters.